The van der Waals surface area contributed by atoms with Gasteiger partial charge in [0.05, 0.1) is 5.51 Å². The third-order valence-corrected chi connectivity index (χ3v) is 2.95. The Balaban J connectivity index is 2.14. The molecule has 0 spiro atoms. The summed E-state index contributed by atoms with van der Waals surface area (Å²) in [5, 5.41) is 0. The third kappa shape index (κ3) is 2.64. The van der Waals surface area contributed by atoms with Gasteiger partial charge in [0, 0.05) is 35.5 Å². The summed E-state index contributed by atoms with van der Waals surface area (Å²) in [4.78, 5) is 19.5. The normalized spacial score (nSPS) is 12.0. The van der Waals surface area contributed by atoms with E-state index in [-0.39, 0.29) is 6.10 Å². The first-order chi connectivity index (χ1) is 7.90. The van der Waals surface area contributed by atoms with Crippen molar-refractivity contribution in [2.75, 3.05) is 0 Å². The minimum atomic E-state index is -0.286. The largest absolute Gasteiger partial charge is 0.459 e. The summed E-state index contributed by atoms with van der Waals surface area (Å²) >= 11 is 1.54. The molecule has 0 aromatic carbocycles. The van der Waals surface area contributed by atoms with E-state index in [1.54, 1.807) is 35.4 Å². The van der Waals surface area contributed by atoms with Gasteiger partial charge in [-0.15, -0.1) is 11.3 Å². The Morgan fingerprint density at radius 3 is 3.00 bits per heavy atom. The van der Waals surface area contributed by atoms with Crippen LogP contribution in [0.25, 0.3) is 0 Å². The van der Waals surface area contributed by atoms with Crippen molar-refractivity contribution in [2.45, 2.75) is 12.5 Å². The fraction of sp³-hybridized carbons (Fsp3) is 0.182. The molecule has 16 heavy (non-hydrogen) atoms. The number of carbonyl (C=O) groups is 1. The Morgan fingerprint density at radius 1 is 1.44 bits per heavy atom. The maximum atomic E-state index is 10.5. The van der Waals surface area contributed by atoms with Crippen LogP contribution in [0, 0.1) is 0 Å². The molecule has 1 unspecified atom stereocenters. The van der Waals surface area contributed by atoms with Crippen LogP contribution in [0.3, 0.4) is 0 Å². The predicted molar refractivity (Wildman–Crippen MR) is 59.9 cm³/mol. The van der Waals surface area contributed by atoms with E-state index in [0.29, 0.717) is 12.9 Å². The molecule has 2 heterocycles. The zero-order valence-electron chi connectivity index (χ0n) is 8.45. The summed E-state index contributed by atoms with van der Waals surface area (Å²) in [6, 6.07) is 3.71. The first-order valence-electron chi connectivity index (χ1n) is 4.76. The Labute approximate surface area is 96.9 Å². The number of thiazole rings is 1. The molecule has 1 atom stereocenters. The minimum absolute atomic E-state index is 0.286. The van der Waals surface area contributed by atoms with Crippen LogP contribution in [0.4, 0.5) is 0 Å². The highest BCUT2D eigenvalue weighted by molar-refractivity contribution is 7.09. The van der Waals surface area contributed by atoms with Gasteiger partial charge >= 0.3 is 0 Å². The van der Waals surface area contributed by atoms with E-state index in [2.05, 4.69) is 9.97 Å². The molecule has 0 saturated heterocycles. The van der Waals surface area contributed by atoms with Crippen LogP contribution in [0.2, 0.25) is 0 Å². The van der Waals surface area contributed by atoms with Crippen molar-refractivity contribution in [3.63, 3.8) is 0 Å². The van der Waals surface area contributed by atoms with Crippen LogP contribution in [0.5, 0.6) is 0 Å². The molecule has 2 aromatic heterocycles. The fourth-order valence-electron chi connectivity index (χ4n) is 1.40. The van der Waals surface area contributed by atoms with Gasteiger partial charge in [0.1, 0.15) is 6.10 Å². The molecule has 82 valence electrons. The summed E-state index contributed by atoms with van der Waals surface area (Å²) in [5.74, 6) is 0. The molecule has 0 fully saturated rings. The second-order valence-corrected chi connectivity index (χ2v) is 4.15. The molecule has 5 heteroatoms. The van der Waals surface area contributed by atoms with Gasteiger partial charge in [-0.1, -0.05) is 6.07 Å². The molecule has 0 aliphatic heterocycles. The summed E-state index contributed by atoms with van der Waals surface area (Å²) in [6.07, 6.45) is 5.52. The van der Waals surface area contributed by atoms with E-state index in [4.69, 9.17) is 4.74 Å². The third-order valence-electron chi connectivity index (χ3n) is 2.15. The summed E-state index contributed by atoms with van der Waals surface area (Å²) < 4.78 is 5.06. The van der Waals surface area contributed by atoms with Crippen molar-refractivity contribution in [2.24, 2.45) is 0 Å². The molecule has 2 aromatic rings. The lowest BCUT2D eigenvalue weighted by Gasteiger charge is -2.13. The number of nitrogens with zero attached hydrogens (tertiary/aromatic N) is 2. The number of hydrogen-bond acceptors (Lipinski definition) is 5. The van der Waals surface area contributed by atoms with E-state index in [0.717, 1.165) is 10.4 Å². The molecule has 0 saturated carbocycles. The molecule has 0 N–H and O–H groups in total. The van der Waals surface area contributed by atoms with Crippen molar-refractivity contribution in [1.29, 1.82) is 0 Å². The lowest BCUT2D eigenvalue weighted by molar-refractivity contribution is -0.133. The van der Waals surface area contributed by atoms with Crippen LogP contribution in [-0.4, -0.2) is 16.4 Å². The van der Waals surface area contributed by atoms with Crippen LogP contribution in [0.15, 0.2) is 36.2 Å². The summed E-state index contributed by atoms with van der Waals surface area (Å²) in [5.41, 5.74) is 2.65. The molecule has 0 aliphatic carbocycles. The van der Waals surface area contributed by atoms with E-state index in [1.165, 1.54) is 0 Å². The van der Waals surface area contributed by atoms with Gasteiger partial charge in [0.15, 0.2) is 0 Å². The lowest BCUT2D eigenvalue weighted by atomic mass is 10.1. The van der Waals surface area contributed by atoms with Gasteiger partial charge in [0.25, 0.3) is 6.47 Å². The molecule has 0 amide bonds. The lowest BCUT2D eigenvalue weighted by Crippen LogP contribution is -2.06. The van der Waals surface area contributed by atoms with Gasteiger partial charge < -0.3 is 4.74 Å². The fourth-order valence-corrected chi connectivity index (χ4v) is 2.03. The molecule has 0 bridgehead atoms. The van der Waals surface area contributed by atoms with Crippen molar-refractivity contribution >= 4 is 17.8 Å². The van der Waals surface area contributed by atoms with E-state index >= 15 is 0 Å². The highest BCUT2D eigenvalue weighted by Gasteiger charge is 2.14. The van der Waals surface area contributed by atoms with Crippen molar-refractivity contribution in [3.05, 3.63) is 46.7 Å². The maximum Gasteiger partial charge on any atom is 0.293 e. The minimum Gasteiger partial charge on any atom is -0.459 e. The number of aromatic nitrogens is 2. The first kappa shape index (κ1) is 10.8. The van der Waals surface area contributed by atoms with Crippen LogP contribution in [-0.2, 0) is 16.0 Å². The van der Waals surface area contributed by atoms with Crippen LogP contribution >= 0.6 is 11.3 Å². The van der Waals surface area contributed by atoms with Crippen molar-refractivity contribution < 1.29 is 9.53 Å². The molecule has 0 aliphatic rings. The topological polar surface area (TPSA) is 52.1 Å². The number of ether oxygens (including phenoxy) is 1. The van der Waals surface area contributed by atoms with Gasteiger partial charge in [-0.2, -0.15) is 0 Å². The quantitative estimate of drug-likeness (QED) is 0.742. The van der Waals surface area contributed by atoms with Gasteiger partial charge in [-0.05, 0) is 6.07 Å². The van der Waals surface area contributed by atoms with Crippen molar-refractivity contribution in [3.8, 4) is 0 Å². The number of pyridine rings is 1. The molecular weight excluding hydrogens is 224 g/mol. The maximum absolute atomic E-state index is 10.5. The van der Waals surface area contributed by atoms with E-state index in [9.17, 15) is 4.79 Å². The first-order valence-corrected chi connectivity index (χ1v) is 5.64. The second-order valence-electron chi connectivity index (χ2n) is 3.18. The predicted octanol–water partition coefficient (Wildman–Crippen LogP) is 1.99. The number of carbonyl (C=O) groups excluding carboxylic acids is 1. The zero-order chi connectivity index (χ0) is 11.2. The summed E-state index contributed by atoms with van der Waals surface area (Å²) in [7, 11) is 0. The van der Waals surface area contributed by atoms with Crippen molar-refractivity contribution in [1.82, 2.24) is 9.97 Å². The van der Waals surface area contributed by atoms with E-state index < -0.39 is 0 Å². The van der Waals surface area contributed by atoms with Gasteiger partial charge in [0.2, 0.25) is 0 Å². The van der Waals surface area contributed by atoms with Crippen LogP contribution in [0.1, 0.15) is 16.5 Å². The molecule has 0 radical (unpaired) electrons. The Kier molecular flexibility index (Phi) is 3.61. The molecule has 4 nitrogen and oxygen atoms in total. The monoisotopic (exact) mass is 234 g/mol. The summed E-state index contributed by atoms with van der Waals surface area (Å²) in [6.45, 7) is 0.471. The average molecular weight is 234 g/mol. The Hall–Kier alpha value is -1.75. The van der Waals surface area contributed by atoms with Gasteiger partial charge in [-0.3, -0.25) is 14.8 Å². The number of hydrogen-bond donors (Lipinski definition) is 0. The molecular formula is C11H10N2O2S. The SMILES string of the molecule is O=COC(Cc1cncs1)c1cccnc1. The highest BCUT2D eigenvalue weighted by atomic mass is 32.1. The standard InChI is InChI=1S/C11H10N2O2S/c14-8-15-11(4-10-6-13-7-16-10)9-2-1-3-12-5-9/h1-3,5-8,11H,4H2. The number of rotatable bonds is 5. The zero-order valence-corrected chi connectivity index (χ0v) is 9.26. The average Bonchev–Trinajstić information content (AvgIpc) is 2.83. The highest BCUT2D eigenvalue weighted by Crippen LogP contribution is 2.22. The molecule has 2 rings (SSSR count). The van der Waals surface area contributed by atoms with Gasteiger partial charge in [-0.25, -0.2) is 0 Å². The Bertz CT molecular complexity index is 431. The van der Waals surface area contributed by atoms with Crippen LogP contribution < -0.4 is 0 Å². The smallest absolute Gasteiger partial charge is 0.293 e. The van der Waals surface area contributed by atoms with E-state index in [1.807, 2.05) is 12.1 Å². The second kappa shape index (κ2) is 5.37. The Morgan fingerprint density at radius 2 is 2.38 bits per heavy atom.